The van der Waals surface area contributed by atoms with E-state index in [-0.39, 0.29) is 11.4 Å². The number of piperazine rings is 1. The monoisotopic (exact) mass is 455 g/mol. The van der Waals surface area contributed by atoms with Crippen LogP contribution in [0.4, 0.5) is 26.2 Å². The Balaban J connectivity index is 1.52. The molecule has 33 heavy (non-hydrogen) atoms. The molecule has 1 aliphatic heterocycles. The van der Waals surface area contributed by atoms with Crippen LogP contribution in [0.15, 0.2) is 28.8 Å². The zero-order valence-corrected chi connectivity index (χ0v) is 18.4. The van der Waals surface area contributed by atoms with Crippen molar-refractivity contribution >= 4 is 28.4 Å². The van der Waals surface area contributed by atoms with E-state index >= 15 is 4.39 Å². The number of aryl methyl sites for hydroxylation is 2. The van der Waals surface area contributed by atoms with Gasteiger partial charge in [-0.1, -0.05) is 5.16 Å². The zero-order valence-electron chi connectivity index (χ0n) is 18.4. The van der Waals surface area contributed by atoms with Crippen LogP contribution in [-0.2, 0) is 0 Å². The third kappa shape index (κ3) is 4.31. The molecule has 3 aromatic heterocycles. The van der Waals surface area contributed by atoms with Crippen LogP contribution in [0.5, 0.6) is 11.8 Å². The van der Waals surface area contributed by atoms with Gasteiger partial charge in [0, 0.05) is 55.5 Å². The molecule has 4 heterocycles. The average molecular weight is 455 g/mol. The number of aromatic amines is 1. The minimum Gasteiger partial charge on any atom is -0.418 e. The largest absolute Gasteiger partial charge is 0.418 e. The van der Waals surface area contributed by atoms with E-state index in [2.05, 4.69) is 42.3 Å². The van der Waals surface area contributed by atoms with Gasteiger partial charge in [-0.2, -0.15) is 9.97 Å². The molecule has 172 valence electrons. The van der Waals surface area contributed by atoms with Crippen molar-refractivity contribution in [3.63, 3.8) is 0 Å². The number of benzene rings is 1. The summed E-state index contributed by atoms with van der Waals surface area (Å²) in [5.41, 5.74) is 1.06. The first kappa shape index (κ1) is 21.1. The topological polar surface area (TPSA) is 95.3 Å². The Morgan fingerprint density at radius 2 is 1.82 bits per heavy atom. The molecule has 2 N–H and O–H groups in total. The highest BCUT2D eigenvalue weighted by atomic mass is 19.1. The molecule has 9 nitrogen and oxygen atoms in total. The molecule has 0 bridgehead atoms. The first-order valence-electron chi connectivity index (χ1n) is 10.5. The number of H-pyrrole nitrogens is 1. The fraction of sp³-hybridized carbons (Fsp3) is 0.318. The summed E-state index contributed by atoms with van der Waals surface area (Å²) in [7, 11) is 2.05. The lowest BCUT2D eigenvalue weighted by molar-refractivity contribution is 0.311. The van der Waals surface area contributed by atoms with Gasteiger partial charge >= 0.3 is 6.01 Å². The predicted octanol–water partition coefficient (Wildman–Crippen LogP) is 4.13. The number of hydrogen-bond acceptors (Lipinski definition) is 8. The lowest BCUT2D eigenvalue weighted by Crippen LogP contribution is -2.44. The van der Waals surface area contributed by atoms with Crippen molar-refractivity contribution < 1.29 is 18.0 Å². The molecule has 0 aliphatic carbocycles. The van der Waals surface area contributed by atoms with Crippen molar-refractivity contribution in [3.8, 4) is 11.8 Å². The fourth-order valence-electron chi connectivity index (χ4n) is 3.79. The van der Waals surface area contributed by atoms with E-state index in [4.69, 9.17) is 9.26 Å². The Bertz CT molecular complexity index is 1310. The van der Waals surface area contributed by atoms with Gasteiger partial charge in [0.15, 0.2) is 17.5 Å². The molecule has 1 aromatic carbocycles. The minimum atomic E-state index is -0.850. The lowest BCUT2D eigenvalue weighted by atomic mass is 10.2. The van der Waals surface area contributed by atoms with Gasteiger partial charge in [0.1, 0.15) is 17.4 Å². The summed E-state index contributed by atoms with van der Waals surface area (Å²) < 4.78 is 40.5. The smallest absolute Gasteiger partial charge is 0.326 e. The predicted molar refractivity (Wildman–Crippen MR) is 119 cm³/mol. The highest BCUT2D eigenvalue weighted by Gasteiger charge is 2.22. The van der Waals surface area contributed by atoms with Gasteiger partial charge in [0.2, 0.25) is 5.75 Å². The SMILES string of the molecule is Cc1cc2c(F)c(Oc3nc(Nc4cc(C)on4)cc(N4CCN(C)CC4)n3)c(F)cc2[nH]1. The van der Waals surface area contributed by atoms with Gasteiger partial charge < -0.3 is 29.4 Å². The number of nitrogens with zero attached hydrogens (tertiary/aromatic N) is 5. The number of ether oxygens (including phenoxy) is 1. The molecule has 0 amide bonds. The molecular formula is C22H23F2N7O2. The second-order valence-electron chi connectivity index (χ2n) is 8.15. The van der Waals surface area contributed by atoms with Gasteiger partial charge in [-0.3, -0.25) is 0 Å². The summed E-state index contributed by atoms with van der Waals surface area (Å²) in [6, 6.07) is 6.06. The number of halogens is 2. The summed E-state index contributed by atoms with van der Waals surface area (Å²) in [6.07, 6.45) is 0. The maximum absolute atomic E-state index is 15.1. The molecule has 1 aliphatic rings. The van der Waals surface area contributed by atoms with E-state index in [1.807, 2.05) is 0 Å². The van der Waals surface area contributed by atoms with Crippen molar-refractivity contribution in [1.82, 2.24) is 25.0 Å². The van der Waals surface area contributed by atoms with Crippen LogP contribution >= 0.6 is 0 Å². The third-order valence-corrected chi connectivity index (χ3v) is 5.50. The fourth-order valence-corrected chi connectivity index (χ4v) is 3.79. The van der Waals surface area contributed by atoms with Crippen LogP contribution in [-0.4, -0.2) is 58.2 Å². The molecule has 1 fully saturated rings. The number of fused-ring (bicyclic) bond motifs is 1. The Kier molecular flexibility index (Phi) is 5.33. The number of nitrogens with one attached hydrogen (secondary N) is 2. The van der Waals surface area contributed by atoms with E-state index in [9.17, 15) is 4.39 Å². The quantitative estimate of drug-likeness (QED) is 0.464. The molecule has 0 radical (unpaired) electrons. The number of likely N-dealkylation sites (N-methyl/N-ethyl adjacent to an activating group) is 1. The van der Waals surface area contributed by atoms with Crippen molar-refractivity contribution in [3.05, 3.63) is 47.4 Å². The molecule has 5 rings (SSSR count). The van der Waals surface area contributed by atoms with Crippen molar-refractivity contribution in [2.45, 2.75) is 13.8 Å². The Hall–Kier alpha value is -3.73. The number of aromatic nitrogens is 4. The highest BCUT2D eigenvalue weighted by molar-refractivity contribution is 5.83. The number of rotatable bonds is 5. The van der Waals surface area contributed by atoms with E-state index in [0.29, 0.717) is 34.4 Å². The van der Waals surface area contributed by atoms with Gasteiger partial charge in [0.25, 0.3) is 0 Å². The normalized spacial score (nSPS) is 14.8. The summed E-state index contributed by atoms with van der Waals surface area (Å²) in [5.74, 6) is -0.205. The maximum atomic E-state index is 15.1. The summed E-state index contributed by atoms with van der Waals surface area (Å²) in [5, 5.41) is 7.18. The second-order valence-corrected chi connectivity index (χ2v) is 8.15. The van der Waals surface area contributed by atoms with Crippen LogP contribution in [0.3, 0.4) is 0 Å². The standard InChI is InChI=1S/C22H23F2N7O2/c1-12-8-14-16(25-12)10-15(23)21(20(14)24)32-22-27-17(26-18-9-13(2)33-29-18)11-19(28-22)31-6-4-30(3)5-7-31/h8-11,25H,4-7H2,1-3H3,(H,26,27,28,29). The molecule has 11 heteroatoms. The molecule has 0 unspecified atom stereocenters. The van der Waals surface area contributed by atoms with Crippen LogP contribution in [0, 0.1) is 25.5 Å². The highest BCUT2D eigenvalue weighted by Crippen LogP contribution is 2.33. The maximum Gasteiger partial charge on any atom is 0.326 e. The van der Waals surface area contributed by atoms with Crippen LogP contribution in [0.2, 0.25) is 0 Å². The van der Waals surface area contributed by atoms with Gasteiger partial charge in [-0.25, -0.2) is 8.78 Å². The van der Waals surface area contributed by atoms with Crippen LogP contribution < -0.4 is 15.0 Å². The summed E-state index contributed by atoms with van der Waals surface area (Å²) in [4.78, 5) is 16.0. The second kappa shape index (κ2) is 8.32. The number of hydrogen-bond donors (Lipinski definition) is 2. The third-order valence-electron chi connectivity index (χ3n) is 5.50. The molecule has 0 saturated carbocycles. The zero-order chi connectivity index (χ0) is 23.1. The Labute approximate surface area is 188 Å². The Morgan fingerprint density at radius 3 is 2.55 bits per heavy atom. The molecule has 4 aromatic rings. The summed E-state index contributed by atoms with van der Waals surface area (Å²) in [6.45, 7) is 6.74. The molecule has 0 spiro atoms. The number of anilines is 3. The van der Waals surface area contributed by atoms with Gasteiger partial charge in [-0.05, 0) is 27.0 Å². The first-order valence-corrected chi connectivity index (χ1v) is 10.5. The van der Waals surface area contributed by atoms with Crippen molar-refractivity contribution in [2.24, 2.45) is 0 Å². The van der Waals surface area contributed by atoms with Crippen LogP contribution in [0.1, 0.15) is 11.5 Å². The Morgan fingerprint density at radius 1 is 1.03 bits per heavy atom. The van der Waals surface area contributed by atoms with E-state index in [1.165, 1.54) is 6.07 Å². The average Bonchev–Trinajstić information content (AvgIpc) is 3.36. The van der Waals surface area contributed by atoms with Crippen LogP contribution in [0.25, 0.3) is 10.9 Å². The van der Waals surface area contributed by atoms with E-state index < -0.39 is 17.4 Å². The van der Waals surface area contributed by atoms with E-state index in [0.717, 1.165) is 26.2 Å². The van der Waals surface area contributed by atoms with Crippen molar-refractivity contribution in [1.29, 1.82) is 0 Å². The molecule has 0 atom stereocenters. The van der Waals surface area contributed by atoms with Gasteiger partial charge in [0.05, 0.1) is 5.52 Å². The van der Waals surface area contributed by atoms with Crippen molar-refractivity contribution in [2.75, 3.05) is 43.4 Å². The minimum absolute atomic E-state index is 0.182. The van der Waals surface area contributed by atoms with Gasteiger partial charge in [-0.15, -0.1) is 0 Å². The molecule has 1 saturated heterocycles. The lowest BCUT2D eigenvalue weighted by Gasteiger charge is -2.33. The first-order chi connectivity index (χ1) is 15.9. The van der Waals surface area contributed by atoms with E-state index in [1.54, 1.807) is 32.0 Å². The molecular weight excluding hydrogens is 432 g/mol. The summed E-state index contributed by atoms with van der Waals surface area (Å²) >= 11 is 0.